The zero-order valence-corrected chi connectivity index (χ0v) is 11.6. The Kier molecular flexibility index (Phi) is 3.16. The van der Waals surface area contributed by atoms with Crippen LogP contribution < -0.4 is 5.73 Å². The van der Waals surface area contributed by atoms with Crippen molar-refractivity contribution in [3.05, 3.63) is 0 Å². The second-order valence-corrected chi connectivity index (χ2v) is 6.87. The van der Waals surface area contributed by atoms with Gasteiger partial charge in [-0.2, -0.15) is 0 Å². The van der Waals surface area contributed by atoms with Crippen molar-refractivity contribution >= 4 is 11.8 Å². The maximum atomic E-state index is 12.7. The molecule has 1 saturated heterocycles. The third-order valence-corrected chi connectivity index (χ3v) is 5.37. The van der Waals surface area contributed by atoms with Gasteiger partial charge in [-0.1, -0.05) is 25.7 Å². The van der Waals surface area contributed by atoms with Crippen LogP contribution in [0.1, 0.15) is 64.2 Å². The summed E-state index contributed by atoms with van der Waals surface area (Å²) in [5.74, 6) is 0.0970. The molecule has 0 unspecified atom stereocenters. The minimum atomic E-state index is -0.367. The first-order valence-corrected chi connectivity index (χ1v) is 7.69. The first-order valence-electron chi connectivity index (χ1n) is 7.69. The van der Waals surface area contributed by atoms with Crippen molar-refractivity contribution in [2.24, 2.45) is 11.1 Å². The summed E-state index contributed by atoms with van der Waals surface area (Å²) in [4.78, 5) is 26.4. The summed E-state index contributed by atoms with van der Waals surface area (Å²) in [5.41, 5.74) is 5.55. The van der Waals surface area contributed by atoms with Crippen molar-refractivity contribution in [2.45, 2.75) is 69.7 Å². The van der Waals surface area contributed by atoms with Gasteiger partial charge in [0.05, 0.1) is 5.41 Å². The fourth-order valence-corrected chi connectivity index (χ4v) is 3.92. The van der Waals surface area contributed by atoms with Crippen molar-refractivity contribution in [1.29, 1.82) is 0 Å². The van der Waals surface area contributed by atoms with Crippen molar-refractivity contribution in [1.82, 2.24) is 4.90 Å². The maximum absolute atomic E-state index is 12.7. The lowest BCUT2D eigenvalue weighted by atomic mass is 9.77. The Bertz CT molecular complexity index is 393. The van der Waals surface area contributed by atoms with Crippen LogP contribution in [0.4, 0.5) is 0 Å². The summed E-state index contributed by atoms with van der Waals surface area (Å²) >= 11 is 0. The van der Waals surface area contributed by atoms with Gasteiger partial charge in [-0.15, -0.1) is 0 Å². The van der Waals surface area contributed by atoms with Gasteiger partial charge in [-0.25, -0.2) is 0 Å². The molecule has 2 N–H and O–H groups in total. The Labute approximate surface area is 114 Å². The van der Waals surface area contributed by atoms with E-state index in [0.29, 0.717) is 13.0 Å². The molecule has 106 valence electrons. The molecule has 3 fully saturated rings. The first kappa shape index (κ1) is 13.1. The van der Waals surface area contributed by atoms with Crippen LogP contribution in [-0.2, 0) is 9.59 Å². The van der Waals surface area contributed by atoms with Crippen molar-refractivity contribution in [3.63, 3.8) is 0 Å². The highest BCUT2D eigenvalue weighted by atomic mass is 16.2. The quantitative estimate of drug-likeness (QED) is 0.776. The molecule has 0 radical (unpaired) electrons. The number of imide groups is 1. The molecule has 0 aromatic rings. The fourth-order valence-electron chi connectivity index (χ4n) is 3.92. The summed E-state index contributed by atoms with van der Waals surface area (Å²) in [6.45, 7) is 0.451. The van der Waals surface area contributed by atoms with Crippen molar-refractivity contribution in [3.8, 4) is 0 Å². The third-order valence-electron chi connectivity index (χ3n) is 5.37. The van der Waals surface area contributed by atoms with E-state index >= 15 is 0 Å². The van der Waals surface area contributed by atoms with Gasteiger partial charge in [0.25, 0.3) is 0 Å². The smallest absolute Gasteiger partial charge is 0.235 e. The molecular formula is C15H24N2O2. The molecule has 1 aliphatic heterocycles. The zero-order chi connectivity index (χ0) is 13.5. The van der Waals surface area contributed by atoms with Crippen LogP contribution in [-0.4, -0.2) is 28.8 Å². The van der Waals surface area contributed by atoms with Gasteiger partial charge in [0, 0.05) is 18.5 Å². The van der Waals surface area contributed by atoms with E-state index in [2.05, 4.69) is 0 Å². The second-order valence-electron chi connectivity index (χ2n) is 6.87. The molecule has 0 aromatic heterocycles. The number of hydrogen-bond donors (Lipinski definition) is 1. The largest absolute Gasteiger partial charge is 0.324 e. The number of carbonyl (C=O) groups is 2. The summed E-state index contributed by atoms with van der Waals surface area (Å²) in [7, 11) is 0. The number of hydrogen-bond acceptors (Lipinski definition) is 3. The minimum Gasteiger partial charge on any atom is -0.324 e. The molecule has 0 aromatic carbocycles. The number of nitrogens with two attached hydrogens (primary N) is 1. The van der Waals surface area contributed by atoms with Gasteiger partial charge < -0.3 is 5.73 Å². The average molecular weight is 264 g/mol. The summed E-state index contributed by atoms with van der Waals surface area (Å²) < 4.78 is 0. The summed E-state index contributed by atoms with van der Waals surface area (Å²) in [6.07, 6.45) is 9.79. The molecule has 4 nitrogen and oxygen atoms in total. The molecule has 3 rings (SSSR count). The Morgan fingerprint density at radius 1 is 0.947 bits per heavy atom. The third kappa shape index (κ3) is 2.20. The number of likely N-dealkylation sites (tertiary alicyclic amines) is 1. The fraction of sp³-hybridized carbons (Fsp3) is 0.867. The van der Waals surface area contributed by atoms with Crippen LogP contribution >= 0.6 is 0 Å². The Hall–Kier alpha value is -0.900. The van der Waals surface area contributed by atoms with Gasteiger partial charge in [0.2, 0.25) is 11.8 Å². The number of carbonyl (C=O) groups excluding carboxylic acids is 2. The van der Waals surface area contributed by atoms with Gasteiger partial charge in [0.1, 0.15) is 0 Å². The van der Waals surface area contributed by atoms with Crippen molar-refractivity contribution < 1.29 is 9.59 Å². The molecule has 2 amide bonds. The van der Waals surface area contributed by atoms with E-state index in [1.807, 2.05) is 0 Å². The molecule has 1 heterocycles. The highest BCUT2D eigenvalue weighted by Crippen LogP contribution is 2.45. The molecule has 1 spiro atoms. The predicted molar refractivity (Wildman–Crippen MR) is 72.2 cm³/mol. The van der Waals surface area contributed by atoms with Crippen LogP contribution in [0.3, 0.4) is 0 Å². The lowest BCUT2D eigenvalue weighted by molar-refractivity contribution is -0.143. The van der Waals surface area contributed by atoms with E-state index < -0.39 is 0 Å². The lowest BCUT2D eigenvalue weighted by Gasteiger charge is -2.40. The minimum absolute atomic E-state index is 0.0172. The monoisotopic (exact) mass is 264 g/mol. The average Bonchev–Trinajstić information content (AvgIpc) is 2.55. The molecule has 0 bridgehead atoms. The van der Waals surface area contributed by atoms with Crippen LogP contribution in [0.25, 0.3) is 0 Å². The number of rotatable bonds is 2. The molecule has 4 heteroatoms. The molecular weight excluding hydrogens is 240 g/mol. The Morgan fingerprint density at radius 2 is 1.58 bits per heavy atom. The highest BCUT2D eigenvalue weighted by Gasteiger charge is 2.52. The van der Waals surface area contributed by atoms with E-state index in [1.54, 1.807) is 0 Å². The van der Waals surface area contributed by atoms with Crippen molar-refractivity contribution in [2.75, 3.05) is 6.54 Å². The highest BCUT2D eigenvalue weighted by molar-refractivity contribution is 6.06. The second kappa shape index (κ2) is 4.58. The SMILES string of the molecule is NC1(CN2C(=O)CC3(CCCCCC3)C2=O)CCC1. The molecule has 19 heavy (non-hydrogen) atoms. The standard InChI is InChI=1S/C15H24N2O2/c16-15(8-5-9-15)11-17-12(18)10-14(13(17)19)6-3-1-2-4-7-14/h1-11,16H2. The van der Waals surface area contributed by atoms with E-state index in [-0.39, 0.29) is 22.8 Å². The first-order chi connectivity index (χ1) is 9.05. The predicted octanol–water partition coefficient (Wildman–Crippen LogP) is 1.97. The summed E-state index contributed by atoms with van der Waals surface area (Å²) in [5, 5.41) is 0. The molecule has 2 saturated carbocycles. The van der Waals surface area contributed by atoms with Crippen LogP contribution in [0.2, 0.25) is 0 Å². The topological polar surface area (TPSA) is 63.4 Å². The number of amides is 2. The van der Waals surface area contributed by atoms with Gasteiger partial charge in [0.15, 0.2) is 0 Å². The van der Waals surface area contributed by atoms with Gasteiger partial charge in [-0.3, -0.25) is 14.5 Å². The maximum Gasteiger partial charge on any atom is 0.235 e. The van der Waals surface area contributed by atoms with E-state index in [1.165, 1.54) is 17.7 Å². The van der Waals surface area contributed by atoms with Crippen LogP contribution in [0.15, 0.2) is 0 Å². The normalized spacial score (nSPS) is 29.4. The zero-order valence-electron chi connectivity index (χ0n) is 11.6. The van der Waals surface area contributed by atoms with Gasteiger partial charge >= 0.3 is 0 Å². The van der Waals surface area contributed by atoms with Crippen LogP contribution in [0.5, 0.6) is 0 Å². The Morgan fingerprint density at radius 3 is 2.11 bits per heavy atom. The van der Waals surface area contributed by atoms with Gasteiger partial charge in [-0.05, 0) is 32.1 Å². The Balaban J connectivity index is 1.76. The van der Waals surface area contributed by atoms with E-state index in [9.17, 15) is 9.59 Å². The summed E-state index contributed by atoms with van der Waals surface area (Å²) in [6, 6.07) is 0. The molecule has 0 atom stereocenters. The molecule has 3 aliphatic rings. The lowest BCUT2D eigenvalue weighted by Crippen LogP contribution is -2.56. The van der Waals surface area contributed by atoms with Crippen LogP contribution in [0, 0.1) is 5.41 Å². The number of nitrogens with zero attached hydrogens (tertiary/aromatic N) is 1. The molecule has 2 aliphatic carbocycles. The van der Waals surface area contributed by atoms with E-state index in [0.717, 1.165) is 44.9 Å². The van der Waals surface area contributed by atoms with E-state index in [4.69, 9.17) is 5.73 Å².